The molecule has 1 aromatic heterocycles. The lowest BCUT2D eigenvalue weighted by molar-refractivity contribution is -0.122. The molecular weight excluding hydrogens is 370 g/mol. The summed E-state index contributed by atoms with van der Waals surface area (Å²) in [4.78, 5) is 25.1. The Kier molecular flexibility index (Phi) is 6.07. The van der Waals surface area contributed by atoms with Crippen molar-refractivity contribution in [2.75, 3.05) is 14.2 Å². The number of rotatable bonds is 7. The highest BCUT2D eigenvalue weighted by molar-refractivity contribution is 6.00. The third kappa shape index (κ3) is 4.51. The first kappa shape index (κ1) is 20.3. The summed E-state index contributed by atoms with van der Waals surface area (Å²) in [5, 5.41) is 6.49. The van der Waals surface area contributed by atoms with Crippen molar-refractivity contribution in [3.05, 3.63) is 59.8 Å². The van der Waals surface area contributed by atoms with E-state index in [-0.39, 0.29) is 11.8 Å². The van der Waals surface area contributed by atoms with Gasteiger partial charge in [0.15, 0.2) is 0 Å². The number of hydrogen-bond donors (Lipinski definition) is 2. The molecule has 0 radical (unpaired) electrons. The summed E-state index contributed by atoms with van der Waals surface area (Å²) >= 11 is 0. The van der Waals surface area contributed by atoms with E-state index in [9.17, 15) is 9.59 Å². The maximum absolute atomic E-state index is 12.7. The molecule has 0 fully saturated rings. The molecule has 1 heterocycles. The lowest BCUT2D eigenvalue weighted by Gasteiger charge is -2.14. The molecule has 7 heteroatoms. The number of fused-ring (bicyclic) bond motifs is 1. The second-order valence-corrected chi connectivity index (χ2v) is 6.77. The molecule has 2 amide bonds. The van der Waals surface area contributed by atoms with Gasteiger partial charge in [0.2, 0.25) is 5.91 Å². The molecular formula is C22H25N3O4. The van der Waals surface area contributed by atoms with Gasteiger partial charge in [-0.15, -0.1) is 0 Å². The van der Waals surface area contributed by atoms with Crippen LogP contribution < -0.4 is 20.1 Å². The molecule has 1 atom stereocenters. The molecule has 0 bridgehead atoms. The Labute approximate surface area is 169 Å². The van der Waals surface area contributed by atoms with E-state index in [4.69, 9.17) is 9.47 Å². The van der Waals surface area contributed by atoms with Crippen LogP contribution in [0.25, 0.3) is 10.9 Å². The minimum absolute atomic E-state index is 0.255. The van der Waals surface area contributed by atoms with Crippen LogP contribution in [0.3, 0.4) is 0 Å². The van der Waals surface area contributed by atoms with E-state index in [1.165, 1.54) is 0 Å². The first-order valence-corrected chi connectivity index (χ1v) is 9.28. The highest BCUT2D eigenvalue weighted by Gasteiger charge is 2.19. The Balaban J connectivity index is 1.62. The molecule has 0 spiro atoms. The standard InChI is InChI=1S/C22H25N3O4/c1-14(21(26)23-13-15-5-7-17(28-3)8-6-15)24-22(27)20-12-16-11-18(29-4)9-10-19(16)25(20)2/h5-12,14H,13H2,1-4H3,(H,23,26)(H,24,27)/t14-/m0/s1. The second-order valence-electron chi connectivity index (χ2n) is 6.77. The topological polar surface area (TPSA) is 81.6 Å². The van der Waals surface area contributed by atoms with Crippen LogP contribution in [0.1, 0.15) is 23.0 Å². The number of ether oxygens (including phenoxy) is 2. The monoisotopic (exact) mass is 395 g/mol. The van der Waals surface area contributed by atoms with Crippen LogP contribution in [0, 0.1) is 0 Å². The van der Waals surface area contributed by atoms with Crippen LogP contribution in [0.5, 0.6) is 11.5 Å². The van der Waals surface area contributed by atoms with Crippen molar-refractivity contribution in [3.8, 4) is 11.5 Å². The van der Waals surface area contributed by atoms with Crippen molar-refractivity contribution in [1.82, 2.24) is 15.2 Å². The Hall–Kier alpha value is -3.48. The zero-order chi connectivity index (χ0) is 21.0. The molecule has 0 saturated carbocycles. The van der Waals surface area contributed by atoms with Crippen molar-refractivity contribution >= 4 is 22.7 Å². The molecule has 2 aromatic carbocycles. The Morgan fingerprint density at radius 2 is 1.66 bits per heavy atom. The van der Waals surface area contributed by atoms with Gasteiger partial charge in [-0.25, -0.2) is 0 Å². The Bertz CT molecular complexity index is 1020. The summed E-state index contributed by atoms with van der Waals surface area (Å²) in [6.07, 6.45) is 0. The number of carbonyl (C=O) groups is 2. The van der Waals surface area contributed by atoms with Crippen LogP contribution in [-0.2, 0) is 18.4 Å². The first-order chi connectivity index (χ1) is 13.9. The number of amides is 2. The normalized spacial score (nSPS) is 11.7. The van der Waals surface area contributed by atoms with Crippen LogP contribution in [0.4, 0.5) is 0 Å². The van der Waals surface area contributed by atoms with Crippen LogP contribution in [0.2, 0.25) is 0 Å². The summed E-state index contributed by atoms with van der Waals surface area (Å²) in [6.45, 7) is 2.03. The minimum Gasteiger partial charge on any atom is -0.497 e. The number of methoxy groups -OCH3 is 2. The number of nitrogens with zero attached hydrogens (tertiary/aromatic N) is 1. The number of aromatic nitrogens is 1. The zero-order valence-electron chi connectivity index (χ0n) is 17.0. The van der Waals surface area contributed by atoms with Crippen molar-refractivity contribution in [2.24, 2.45) is 7.05 Å². The van der Waals surface area contributed by atoms with Gasteiger partial charge in [0.25, 0.3) is 5.91 Å². The van der Waals surface area contributed by atoms with E-state index in [0.717, 1.165) is 28.0 Å². The highest BCUT2D eigenvalue weighted by Crippen LogP contribution is 2.23. The van der Waals surface area contributed by atoms with Gasteiger partial charge in [0.1, 0.15) is 23.2 Å². The van der Waals surface area contributed by atoms with Crippen molar-refractivity contribution in [2.45, 2.75) is 19.5 Å². The molecule has 0 aliphatic carbocycles. The number of hydrogen-bond acceptors (Lipinski definition) is 4. The van der Waals surface area contributed by atoms with Crippen LogP contribution in [0.15, 0.2) is 48.5 Å². The van der Waals surface area contributed by atoms with E-state index in [1.54, 1.807) is 31.8 Å². The fourth-order valence-corrected chi connectivity index (χ4v) is 3.09. The molecule has 29 heavy (non-hydrogen) atoms. The molecule has 3 rings (SSSR count). The van der Waals surface area contributed by atoms with Gasteiger partial charge in [-0.05, 0) is 48.9 Å². The smallest absolute Gasteiger partial charge is 0.268 e. The predicted octanol–water partition coefficient (Wildman–Crippen LogP) is 2.63. The maximum atomic E-state index is 12.7. The van der Waals surface area contributed by atoms with Crippen molar-refractivity contribution < 1.29 is 19.1 Å². The molecule has 0 saturated heterocycles. The number of carbonyl (C=O) groups excluding carboxylic acids is 2. The number of nitrogens with one attached hydrogen (secondary N) is 2. The van der Waals surface area contributed by atoms with Gasteiger partial charge in [0, 0.05) is 24.5 Å². The van der Waals surface area contributed by atoms with E-state index < -0.39 is 6.04 Å². The lowest BCUT2D eigenvalue weighted by atomic mass is 10.2. The third-order valence-corrected chi connectivity index (χ3v) is 4.85. The van der Waals surface area contributed by atoms with Crippen LogP contribution >= 0.6 is 0 Å². The van der Waals surface area contributed by atoms with Gasteiger partial charge in [-0.1, -0.05) is 12.1 Å². The molecule has 152 valence electrons. The number of aryl methyl sites for hydroxylation is 1. The average Bonchev–Trinajstić information content (AvgIpc) is 3.08. The number of benzene rings is 2. The summed E-state index contributed by atoms with van der Waals surface area (Å²) < 4.78 is 12.2. The zero-order valence-corrected chi connectivity index (χ0v) is 17.0. The Morgan fingerprint density at radius 1 is 1.00 bits per heavy atom. The molecule has 2 N–H and O–H groups in total. The van der Waals surface area contributed by atoms with Gasteiger partial charge in [-0.3, -0.25) is 9.59 Å². The van der Waals surface area contributed by atoms with Crippen LogP contribution in [-0.4, -0.2) is 36.6 Å². The fourth-order valence-electron chi connectivity index (χ4n) is 3.09. The molecule has 0 unspecified atom stereocenters. The van der Waals surface area contributed by atoms with E-state index in [0.29, 0.717) is 12.2 Å². The molecule has 0 aliphatic heterocycles. The third-order valence-electron chi connectivity index (χ3n) is 4.85. The molecule has 3 aromatic rings. The average molecular weight is 395 g/mol. The largest absolute Gasteiger partial charge is 0.497 e. The highest BCUT2D eigenvalue weighted by atomic mass is 16.5. The van der Waals surface area contributed by atoms with Crippen molar-refractivity contribution in [1.29, 1.82) is 0 Å². The summed E-state index contributed by atoms with van der Waals surface area (Å²) in [7, 11) is 5.02. The molecule has 0 aliphatic rings. The van der Waals surface area contributed by atoms with E-state index >= 15 is 0 Å². The maximum Gasteiger partial charge on any atom is 0.268 e. The first-order valence-electron chi connectivity index (χ1n) is 9.28. The predicted molar refractivity (Wildman–Crippen MR) is 111 cm³/mol. The van der Waals surface area contributed by atoms with Gasteiger partial charge >= 0.3 is 0 Å². The summed E-state index contributed by atoms with van der Waals surface area (Å²) in [5.74, 6) is 0.916. The second kappa shape index (κ2) is 8.68. The van der Waals surface area contributed by atoms with Gasteiger partial charge in [-0.2, -0.15) is 0 Å². The lowest BCUT2D eigenvalue weighted by Crippen LogP contribution is -2.44. The summed E-state index contributed by atoms with van der Waals surface area (Å²) in [5.41, 5.74) is 2.33. The molecule has 7 nitrogen and oxygen atoms in total. The van der Waals surface area contributed by atoms with Crippen molar-refractivity contribution in [3.63, 3.8) is 0 Å². The van der Waals surface area contributed by atoms with Gasteiger partial charge < -0.3 is 24.7 Å². The fraction of sp³-hybridized carbons (Fsp3) is 0.273. The van der Waals surface area contributed by atoms with Gasteiger partial charge in [0.05, 0.1) is 14.2 Å². The summed E-state index contributed by atoms with van der Waals surface area (Å²) in [6, 6.07) is 14.2. The van der Waals surface area contributed by atoms with E-state index in [2.05, 4.69) is 10.6 Å². The minimum atomic E-state index is -0.673. The van der Waals surface area contributed by atoms with E-state index in [1.807, 2.05) is 49.5 Å². The SMILES string of the molecule is COc1ccc(CNC(=O)[C@H](C)NC(=O)c2cc3cc(OC)ccc3n2C)cc1. The Morgan fingerprint density at radius 3 is 2.31 bits per heavy atom. The quantitative estimate of drug-likeness (QED) is 0.644.